The lowest BCUT2D eigenvalue weighted by molar-refractivity contribution is 0.0904. The third-order valence-electron chi connectivity index (χ3n) is 9.41. The molecule has 2 aliphatic rings. The van der Waals surface area contributed by atoms with Gasteiger partial charge in [0.05, 0.1) is 18.2 Å². The molecule has 3 heterocycles. The SMILES string of the molecule is COc1cccc(-c2cc3[nH]nc(NC(=O)c4ccc(N5CCN(C)CC5)cc4NC4CCOCC4)c3cc2Cc2cc(F)cc(F)c2)c1. The fraction of sp³-hybridized carbons (Fsp3) is 0.316. The number of piperazine rings is 1. The summed E-state index contributed by atoms with van der Waals surface area (Å²) in [5.41, 5.74) is 6.08. The summed E-state index contributed by atoms with van der Waals surface area (Å²) in [5.74, 6) is -0.526. The molecule has 0 unspecified atom stereocenters. The molecule has 2 aliphatic heterocycles. The first-order valence-electron chi connectivity index (χ1n) is 16.7. The van der Waals surface area contributed by atoms with Gasteiger partial charge >= 0.3 is 0 Å². The highest BCUT2D eigenvalue weighted by Crippen LogP contribution is 2.35. The van der Waals surface area contributed by atoms with Crippen molar-refractivity contribution in [3.63, 3.8) is 0 Å². The summed E-state index contributed by atoms with van der Waals surface area (Å²) in [7, 11) is 3.73. The van der Waals surface area contributed by atoms with E-state index in [4.69, 9.17) is 9.47 Å². The Bertz CT molecular complexity index is 1950. The minimum atomic E-state index is -0.640. The van der Waals surface area contributed by atoms with Gasteiger partial charge in [0, 0.05) is 68.3 Å². The highest BCUT2D eigenvalue weighted by molar-refractivity contribution is 6.11. The first kappa shape index (κ1) is 32.5. The van der Waals surface area contributed by atoms with Crippen LogP contribution >= 0.6 is 0 Å². The van der Waals surface area contributed by atoms with E-state index in [0.29, 0.717) is 46.8 Å². The molecule has 5 aromatic rings. The van der Waals surface area contributed by atoms with Crippen molar-refractivity contribution in [3.05, 3.63) is 101 Å². The number of ether oxygens (including phenoxy) is 2. The molecular weight excluding hydrogens is 626 g/mol. The second kappa shape index (κ2) is 14.2. The van der Waals surface area contributed by atoms with Crippen LogP contribution in [0.4, 0.5) is 26.0 Å². The van der Waals surface area contributed by atoms with E-state index in [2.05, 4.69) is 43.7 Å². The summed E-state index contributed by atoms with van der Waals surface area (Å²) in [6.07, 6.45) is 1.97. The van der Waals surface area contributed by atoms with Crippen molar-refractivity contribution in [1.29, 1.82) is 0 Å². The maximum Gasteiger partial charge on any atom is 0.258 e. The number of H-pyrrole nitrogens is 1. The van der Waals surface area contributed by atoms with Gasteiger partial charge < -0.3 is 29.9 Å². The predicted molar refractivity (Wildman–Crippen MR) is 189 cm³/mol. The van der Waals surface area contributed by atoms with Gasteiger partial charge in [-0.25, -0.2) is 8.78 Å². The summed E-state index contributed by atoms with van der Waals surface area (Å²) < 4.78 is 39.5. The van der Waals surface area contributed by atoms with E-state index in [0.717, 1.165) is 73.2 Å². The average molecular weight is 667 g/mol. The van der Waals surface area contributed by atoms with Crippen LogP contribution in [-0.4, -0.2) is 80.6 Å². The van der Waals surface area contributed by atoms with Crippen molar-refractivity contribution in [2.45, 2.75) is 25.3 Å². The standard InChI is InChI=1S/C38H40F2N6O3/c1-45-10-12-46(13-11-45)30-6-7-32(35(22-30)41-29-8-14-49-15-9-29)38(47)42-37-34-20-26(16-24-17-27(39)21-28(40)18-24)33(23-36(34)43-44-37)25-4-3-5-31(19-25)48-2/h3-7,17-23,29,41H,8-16H2,1-2H3,(H2,42,43,44,47). The number of methoxy groups -OCH3 is 1. The lowest BCUT2D eigenvalue weighted by Gasteiger charge is -2.34. The van der Waals surface area contributed by atoms with E-state index in [1.807, 2.05) is 48.5 Å². The average Bonchev–Trinajstić information content (AvgIpc) is 3.49. The van der Waals surface area contributed by atoms with Gasteiger partial charge in [-0.1, -0.05) is 12.1 Å². The number of halogens is 2. The Morgan fingerprint density at radius 3 is 2.51 bits per heavy atom. The number of benzene rings is 4. The zero-order valence-electron chi connectivity index (χ0n) is 27.7. The van der Waals surface area contributed by atoms with E-state index >= 15 is 0 Å². The molecule has 2 fully saturated rings. The number of amides is 1. The van der Waals surface area contributed by atoms with Gasteiger partial charge in [-0.15, -0.1) is 0 Å². The summed E-state index contributed by atoms with van der Waals surface area (Å²) in [6, 6.07) is 21.2. The number of aromatic amines is 1. The summed E-state index contributed by atoms with van der Waals surface area (Å²) in [4.78, 5) is 18.7. The molecule has 0 bridgehead atoms. The van der Waals surface area contributed by atoms with Crippen molar-refractivity contribution in [2.75, 3.05) is 69.1 Å². The van der Waals surface area contributed by atoms with Crippen LogP contribution in [0.5, 0.6) is 5.75 Å². The molecule has 0 atom stereocenters. The maximum atomic E-state index is 14.2. The lowest BCUT2D eigenvalue weighted by Crippen LogP contribution is -2.44. The van der Waals surface area contributed by atoms with E-state index < -0.39 is 11.6 Å². The molecule has 9 nitrogen and oxygen atoms in total. The minimum Gasteiger partial charge on any atom is -0.497 e. The van der Waals surface area contributed by atoms with Crippen molar-refractivity contribution in [2.24, 2.45) is 0 Å². The molecule has 4 aromatic carbocycles. The van der Waals surface area contributed by atoms with Crippen LogP contribution in [-0.2, 0) is 11.2 Å². The molecule has 0 spiro atoms. The third kappa shape index (κ3) is 7.38. The van der Waals surface area contributed by atoms with E-state index in [9.17, 15) is 13.6 Å². The van der Waals surface area contributed by atoms with Crippen LogP contribution in [0.15, 0.2) is 72.8 Å². The molecule has 0 aliphatic carbocycles. The van der Waals surface area contributed by atoms with Gasteiger partial charge in [-0.05, 0) is 103 Å². The maximum absolute atomic E-state index is 14.2. The number of carbonyl (C=O) groups is 1. The molecule has 2 saturated heterocycles. The highest BCUT2D eigenvalue weighted by atomic mass is 19.1. The summed E-state index contributed by atoms with van der Waals surface area (Å²) in [6.45, 7) is 5.15. The topological polar surface area (TPSA) is 94.7 Å². The first-order valence-corrected chi connectivity index (χ1v) is 16.7. The molecule has 7 rings (SSSR count). The van der Waals surface area contributed by atoms with Crippen molar-refractivity contribution < 1.29 is 23.0 Å². The van der Waals surface area contributed by atoms with Gasteiger partial charge in [0.15, 0.2) is 5.82 Å². The Hall–Kier alpha value is -5.00. The van der Waals surface area contributed by atoms with Gasteiger partial charge in [0.1, 0.15) is 17.4 Å². The fourth-order valence-corrected chi connectivity index (χ4v) is 6.69. The Kier molecular flexibility index (Phi) is 9.45. The molecular formula is C38H40F2N6O3. The molecule has 1 amide bonds. The number of hydrogen-bond acceptors (Lipinski definition) is 7. The van der Waals surface area contributed by atoms with Crippen LogP contribution in [0.3, 0.4) is 0 Å². The Morgan fingerprint density at radius 1 is 0.980 bits per heavy atom. The Labute approximate surface area is 284 Å². The number of rotatable bonds is 9. The zero-order valence-corrected chi connectivity index (χ0v) is 27.7. The van der Waals surface area contributed by atoms with Gasteiger partial charge in [0.25, 0.3) is 5.91 Å². The fourth-order valence-electron chi connectivity index (χ4n) is 6.69. The van der Waals surface area contributed by atoms with Gasteiger partial charge in [-0.2, -0.15) is 5.10 Å². The molecule has 49 heavy (non-hydrogen) atoms. The smallest absolute Gasteiger partial charge is 0.258 e. The van der Waals surface area contributed by atoms with E-state index in [-0.39, 0.29) is 18.4 Å². The number of likely N-dealkylation sites (N-methyl/N-ethyl adjacent to an activating group) is 1. The number of nitrogens with zero attached hydrogens (tertiary/aromatic N) is 3. The summed E-state index contributed by atoms with van der Waals surface area (Å²) in [5, 5.41) is 14.9. The number of fused-ring (bicyclic) bond motifs is 1. The number of hydrogen-bond donors (Lipinski definition) is 3. The number of aromatic nitrogens is 2. The highest BCUT2D eigenvalue weighted by Gasteiger charge is 2.23. The van der Waals surface area contributed by atoms with Crippen LogP contribution in [0.2, 0.25) is 0 Å². The molecule has 3 N–H and O–H groups in total. The van der Waals surface area contributed by atoms with Gasteiger partial charge in [-0.3, -0.25) is 9.89 Å². The normalized spacial score (nSPS) is 15.8. The lowest BCUT2D eigenvalue weighted by atomic mass is 9.93. The predicted octanol–water partition coefficient (Wildman–Crippen LogP) is 6.70. The van der Waals surface area contributed by atoms with Crippen LogP contribution in [0.25, 0.3) is 22.0 Å². The first-order chi connectivity index (χ1) is 23.8. The zero-order chi connectivity index (χ0) is 33.9. The second-order valence-electron chi connectivity index (χ2n) is 12.8. The van der Waals surface area contributed by atoms with E-state index in [1.54, 1.807) is 7.11 Å². The van der Waals surface area contributed by atoms with Crippen LogP contribution in [0.1, 0.15) is 34.3 Å². The second-order valence-corrected chi connectivity index (χ2v) is 12.8. The number of nitrogens with one attached hydrogen (secondary N) is 3. The quantitative estimate of drug-likeness (QED) is 0.161. The monoisotopic (exact) mass is 666 g/mol. The summed E-state index contributed by atoms with van der Waals surface area (Å²) >= 11 is 0. The number of anilines is 3. The molecule has 0 radical (unpaired) electrons. The molecule has 1 aromatic heterocycles. The van der Waals surface area contributed by atoms with Crippen molar-refractivity contribution >= 4 is 34.0 Å². The Balaban J connectivity index is 1.23. The molecule has 0 saturated carbocycles. The van der Waals surface area contributed by atoms with Crippen molar-refractivity contribution in [3.8, 4) is 16.9 Å². The Morgan fingerprint density at radius 2 is 1.76 bits per heavy atom. The molecule has 11 heteroatoms. The van der Waals surface area contributed by atoms with Crippen LogP contribution < -0.4 is 20.3 Å². The molecule has 254 valence electrons. The van der Waals surface area contributed by atoms with E-state index in [1.165, 1.54) is 12.1 Å². The van der Waals surface area contributed by atoms with Crippen molar-refractivity contribution in [1.82, 2.24) is 15.1 Å². The largest absolute Gasteiger partial charge is 0.497 e. The number of carbonyl (C=O) groups excluding carboxylic acids is 1. The van der Waals surface area contributed by atoms with Crippen LogP contribution in [0, 0.1) is 11.6 Å². The van der Waals surface area contributed by atoms with Gasteiger partial charge in [0.2, 0.25) is 0 Å². The third-order valence-corrected chi connectivity index (χ3v) is 9.41. The minimum absolute atomic E-state index is 0.194.